The Hall–Kier alpha value is -9.57. The third-order valence-electron chi connectivity index (χ3n) is 16.2. The van der Waals surface area contributed by atoms with E-state index in [9.17, 15) is 57.0 Å². The summed E-state index contributed by atoms with van der Waals surface area (Å²) >= 11 is 3.20. The summed E-state index contributed by atoms with van der Waals surface area (Å²) in [5, 5.41) is 97.4. The van der Waals surface area contributed by atoms with Crippen LogP contribution >= 0.6 is 15.9 Å². The van der Waals surface area contributed by atoms with Crippen LogP contribution in [0.25, 0.3) is 21.5 Å². The average molecular weight is 1740 g/mol. The van der Waals surface area contributed by atoms with Gasteiger partial charge in [0.1, 0.15) is 23.0 Å². The predicted octanol–water partition coefficient (Wildman–Crippen LogP) is 6.68. The van der Waals surface area contributed by atoms with Gasteiger partial charge in [-0.15, -0.1) is 0 Å². The number of hydrogen-bond donors (Lipinski definition) is 11. The zero-order chi connectivity index (χ0) is 82.1. The predicted molar refractivity (Wildman–Crippen MR) is 433 cm³/mol. The Kier molecular flexibility index (Phi) is 41.0. The summed E-state index contributed by atoms with van der Waals surface area (Å²) in [5.41, 5.74) is 5.16. The van der Waals surface area contributed by atoms with Crippen molar-refractivity contribution < 1.29 is 100 Å². The van der Waals surface area contributed by atoms with E-state index in [1.807, 2.05) is 116 Å². The Balaban J connectivity index is 0.000000278. The van der Waals surface area contributed by atoms with Gasteiger partial charge in [-0.2, -0.15) is 0 Å². The number of aliphatic hydroxyl groups excluding tert-OH is 5. The van der Waals surface area contributed by atoms with Crippen LogP contribution in [0.3, 0.4) is 0 Å². The number of alkyl halides is 2. The normalized spacial score (nSPS) is 11.3. The van der Waals surface area contributed by atoms with Crippen molar-refractivity contribution in [2.24, 2.45) is 14.1 Å². The third-order valence-corrected chi connectivity index (χ3v) is 20.9. The quantitative estimate of drug-likeness (QED) is 0.0264. The SMILES string of the molecule is BrCc1ccccc1.CN(CCS(=O)c1ccccc1)C(=O)c1ccc(CO)c(O)c1.CNCCS(=O)c1ccccc1.Cc1cc(C(=O)N(C)CCS(=O)c2ccccc2)ccc1CO.Cn1ccc2c(O)c(CO)ccc2c1=O.Cn1ccc2cc(CO)c(O)cc2c1=O.O=C(O)c1ccc(CO)c(O)c1.[2H][I-]C. The molecule has 28 heteroatoms. The molecular formula is C82H94BrIN5O18S3-. The van der Waals surface area contributed by atoms with Gasteiger partial charge in [0.15, 0.2) is 0 Å². The number of benzene rings is 9. The number of phenols is 4. The fraction of sp³-hybridized carbons (Fsp3) is 0.232. The van der Waals surface area contributed by atoms with Crippen molar-refractivity contribution in [2.75, 3.05) is 63.0 Å². The molecule has 0 fully saturated rings. The molecule has 23 nitrogen and oxygen atoms in total. The first-order chi connectivity index (χ1) is 53.2. The fourth-order valence-corrected chi connectivity index (χ4v) is 13.4. The van der Waals surface area contributed by atoms with Crippen molar-refractivity contribution in [3.63, 3.8) is 0 Å². The number of nitrogens with one attached hydrogen (secondary N) is 1. The Morgan fingerprint density at radius 3 is 1.27 bits per heavy atom. The molecule has 0 spiro atoms. The maximum absolute atomic E-state index is 12.4. The molecule has 0 radical (unpaired) electrons. The van der Waals surface area contributed by atoms with Gasteiger partial charge in [0.05, 0.1) is 81.8 Å². The van der Waals surface area contributed by atoms with Crippen molar-refractivity contribution in [3.8, 4) is 23.0 Å². The first kappa shape index (κ1) is 91.0. The molecule has 2 heterocycles. The molecule has 11 aromatic rings. The zero-order valence-electron chi connectivity index (χ0n) is 62.9. The number of aromatic hydroxyl groups is 4. The van der Waals surface area contributed by atoms with Crippen LogP contribution in [-0.2, 0) is 84.9 Å². The van der Waals surface area contributed by atoms with E-state index in [-0.39, 0.29) is 107 Å². The molecule has 11 N–H and O–H groups in total. The van der Waals surface area contributed by atoms with Gasteiger partial charge < -0.3 is 75.3 Å². The Morgan fingerprint density at radius 2 is 0.864 bits per heavy atom. The molecule has 0 aliphatic rings. The van der Waals surface area contributed by atoms with Crippen LogP contribution in [0.2, 0.25) is 0 Å². The molecule has 2 amide bonds. The molecule has 0 bridgehead atoms. The van der Waals surface area contributed by atoms with Gasteiger partial charge >= 0.3 is 33.9 Å². The first-order valence-electron chi connectivity index (χ1n) is 34.2. The molecule has 0 saturated carbocycles. The Labute approximate surface area is 669 Å². The second kappa shape index (κ2) is 49.6. The maximum atomic E-state index is 12.4. The van der Waals surface area contributed by atoms with Crippen LogP contribution in [0.1, 0.15) is 70.0 Å². The minimum absolute atomic E-state index is 0.00435. The van der Waals surface area contributed by atoms with E-state index in [0.29, 0.717) is 79.9 Å². The number of aliphatic hydroxyl groups is 5. The third kappa shape index (κ3) is 29.3. The molecule has 3 unspecified atom stereocenters. The summed E-state index contributed by atoms with van der Waals surface area (Å²) in [7, 11) is 5.38. The van der Waals surface area contributed by atoms with Crippen LogP contribution in [0.5, 0.6) is 23.0 Å². The molecule has 588 valence electrons. The van der Waals surface area contributed by atoms with Crippen LogP contribution in [0.15, 0.2) is 249 Å². The number of aromatic nitrogens is 2. The summed E-state index contributed by atoms with van der Waals surface area (Å²) < 4.78 is 45.0. The number of hydrogen-bond acceptors (Lipinski definition) is 18. The van der Waals surface area contributed by atoms with Gasteiger partial charge in [-0.3, -0.25) is 31.8 Å². The van der Waals surface area contributed by atoms with Gasteiger partial charge in [-0.25, -0.2) is 4.79 Å². The van der Waals surface area contributed by atoms with E-state index in [2.05, 4.69) is 33.4 Å². The van der Waals surface area contributed by atoms with Crippen molar-refractivity contribution >= 4 is 87.7 Å². The van der Waals surface area contributed by atoms with Crippen LogP contribution < -0.4 is 38.8 Å². The summed E-state index contributed by atoms with van der Waals surface area (Å²) in [6, 6.07) is 61.2. The monoisotopic (exact) mass is 1740 g/mol. The van der Waals surface area contributed by atoms with E-state index in [1.54, 1.807) is 112 Å². The number of aryl methyl sites for hydroxylation is 3. The number of pyridine rings is 2. The Bertz CT molecular complexity index is 4810. The Morgan fingerprint density at radius 1 is 0.482 bits per heavy atom. The van der Waals surface area contributed by atoms with E-state index in [0.717, 1.165) is 49.1 Å². The van der Waals surface area contributed by atoms with E-state index >= 15 is 0 Å². The number of rotatable bonds is 21. The molecule has 0 saturated heterocycles. The van der Waals surface area contributed by atoms with Crippen LogP contribution in [0.4, 0.5) is 0 Å². The van der Waals surface area contributed by atoms with Gasteiger partial charge in [0.25, 0.3) is 22.9 Å². The first-order valence-corrected chi connectivity index (χ1v) is 41.1. The van der Waals surface area contributed by atoms with Gasteiger partial charge in [0, 0.05) is 136 Å². The minimum atomic E-state index is -1.16. The molecule has 9 aromatic carbocycles. The van der Waals surface area contributed by atoms with E-state index in [1.165, 1.54) is 49.9 Å². The van der Waals surface area contributed by atoms with Crippen LogP contribution in [-0.4, -0.2) is 164 Å². The number of carbonyl (C=O) groups excluding carboxylic acids is 2. The second-order valence-corrected chi connectivity index (χ2v) is 29.0. The fourth-order valence-electron chi connectivity index (χ4n) is 9.71. The van der Waals surface area contributed by atoms with Crippen molar-refractivity contribution in [1.82, 2.24) is 24.3 Å². The molecule has 11 rings (SSSR count). The van der Waals surface area contributed by atoms with Crippen molar-refractivity contribution in [2.45, 2.75) is 60.0 Å². The van der Waals surface area contributed by atoms with Gasteiger partial charge in [-0.05, 0) is 139 Å². The number of halogens is 2. The summed E-state index contributed by atoms with van der Waals surface area (Å²) in [6.07, 6.45) is 3.24. The number of carboxylic acids is 1. The summed E-state index contributed by atoms with van der Waals surface area (Å²) in [5.74, 6) is -0.432. The molecule has 3 atom stereocenters. The topological polar surface area (TPSA) is 367 Å². The number of fused-ring (bicyclic) bond motifs is 2. The number of carbonyl (C=O) groups is 3. The van der Waals surface area contributed by atoms with E-state index in [4.69, 9.17) is 31.2 Å². The zero-order valence-corrected chi connectivity index (χ0v) is 68.0. The number of amides is 2. The molecular weight excluding hydrogens is 1650 g/mol. The summed E-state index contributed by atoms with van der Waals surface area (Å²) in [4.78, 5) is 65.8. The second-order valence-electron chi connectivity index (χ2n) is 23.8. The molecule has 0 aliphatic heterocycles. The average Bonchev–Trinajstić information content (AvgIpc) is 0.796. The van der Waals surface area contributed by atoms with E-state index < -0.39 is 38.4 Å². The van der Waals surface area contributed by atoms with Gasteiger partial charge in [0.2, 0.25) is 0 Å². The molecule has 2 aromatic heterocycles. The molecule has 0 aliphatic carbocycles. The summed E-state index contributed by atoms with van der Waals surface area (Å²) in [6.45, 7) is 2.32. The number of aromatic carboxylic acids is 1. The van der Waals surface area contributed by atoms with Crippen LogP contribution in [0, 0.1) is 6.92 Å². The number of carboxylic acid groups (broad SMARTS) is 1. The molecule has 110 heavy (non-hydrogen) atoms. The van der Waals surface area contributed by atoms with Gasteiger partial charge in [-0.1, -0.05) is 125 Å². The van der Waals surface area contributed by atoms with Crippen molar-refractivity contribution in [3.05, 3.63) is 301 Å². The standard InChI is InChI=1S/C18H21NO3S.C17H19NO4S.2C11H11NO3.C9H13NOS.C8H8O4.C7H7Br.CH4I/c1-14-12-15(8-9-16(14)13-20)18(21)19(2)10-11-23(22)17-6-4-3-5-7-17;1-18(9-10-23(22)15-5-3-2-4-6-15)17(21)13-7-8-14(12-19)16(20)11-13;1-12-3-2-7-4-8(6-13)10(14)5-9(7)11(12)15;1-12-5-4-8-9(11(12)15)3-2-7(6-13)10(8)14;1-10-7-8-12(11)9-5-3-2-4-6-9;9-4-6-2-1-5(8(11)12)3-7(6)10;8-6-7-4-2-1-3-5-7;1-2/h3-9,12,20H,10-11,13H2,1-2H3;2-8,11,19-20H,9-10,12H2,1H3;2*2-5,13-14H,6H2,1H3;2-6,10H,7-8H2,1H3;1-3,9-10H,4H2,(H,11,12);1-5H,6H2;2H,1H3/q;;;;;;;-1/i;;;;;;;2D. The van der Waals surface area contributed by atoms with Crippen molar-refractivity contribution in [1.29, 1.82) is 0.594 Å². The number of nitrogens with zero attached hydrogens (tertiary/aromatic N) is 4.